The number of hydrogen-bond donors (Lipinski definition) is 0. The largest absolute Gasteiger partial charge is 0.333 e. The second kappa shape index (κ2) is 10.2. The van der Waals surface area contributed by atoms with Gasteiger partial charge in [0.05, 0.1) is 16.7 Å². The molecule has 1 saturated carbocycles. The SMILES string of the molecule is Br.CN1C(=NC2CCCCCC2)SCC1N(C=O)c1cc([N+](=O)[O-])ccc1F. The van der Waals surface area contributed by atoms with Crippen molar-refractivity contribution >= 4 is 51.7 Å². The zero-order valence-electron chi connectivity index (χ0n) is 15.6. The Kier molecular flexibility index (Phi) is 8.23. The number of rotatable bonds is 5. The summed E-state index contributed by atoms with van der Waals surface area (Å²) in [5, 5.41) is 11.8. The van der Waals surface area contributed by atoms with Crippen molar-refractivity contribution in [2.45, 2.75) is 50.7 Å². The molecule has 0 spiro atoms. The maximum Gasteiger partial charge on any atom is 0.271 e. The Morgan fingerprint density at radius 1 is 1.32 bits per heavy atom. The van der Waals surface area contributed by atoms with Crippen molar-refractivity contribution in [2.75, 3.05) is 17.7 Å². The van der Waals surface area contributed by atoms with Crippen molar-refractivity contribution in [3.8, 4) is 0 Å². The van der Waals surface area contributed by atoms with Crippen LogP contribution in [-0.2, 0) is 4.79 Å². The van der Waals surface area contributed by atoms with Gasteiger partial charge in [0.25, 0.3) is 5.69 Å². The van der Waals surface area contributed by atoms with Crippen LogP contribution in [0.1, 0.15) is 38.5 Å². The van der Waals surface area contributed by atoms with Crippen LogP contribution >= 0.6 is 28.7 Å². The lowest BCUT2D eigenvalue weighted by molar-refractivity contribution is -0.384. The average Bonchev–Trinajstić information content (AvgIpc) is 2.85. The number of anilines is 1. The standard InChI is InChI=1S/C18H23FN4O3S.BrH/c1-21-17(11-27-18(21)20-13-6-4-2-3-5-7-13)22(12-24)16-10-14(23(25)26)8-9-15(16)19;/h8-10,12-13,17H,2-7,11H2,1H3;1H. The predicted molar refractivity (Wildman–Crippen MR) is 115 cm³/mol. The lowest BCUT2D eigenvalue weighted by Gasteiger charge is -2.30. The van der Waals surface area contributed by atoms with Gasteiger partial charge in [-0.05, 0) is 18.9 Å². The fourth-order valence-corrected chi connectivity index (χ4v) is 4.76. The maximum absolute atomic E-state index is 14.3. The van der Waals surface area contributed by atoms with Crippen LogP contribution in [-0.4, -0.2) is 46.4 Å². The predicted octanol–water partition coefficient (Wildman–Crippen LogP) is 4.36. The van der Waals surface area contributed by atoms with Crippen molar-refractivity contribution in [1.82, 2.24) is 4.90 Å². The molecule has 1 aliphatic carbocycles. The van der Waals surface area contributed by atoms with Gasteiger partial charge in [-0.3, -0.25) is 24.8 Å². The first-order chi connectivity index (χ1) is 13.0. The molecule has 0 aromatic heterocycles. The molecular weight excluding hydrogens is 451 g/mol. The van der Waals surface area contributed by atoms with Gasteiger partial charge in [-0.1, -0.05) is 37.4 Å². The van der Waals surface area contributed by atoms with Gasteiger partial charge in [0.15, 0.2) is 5.17 Å². The average molecular weight is 475 g/mol. The summed E-state index contributed by atoms with van der Waals surface area (Å²) >= 11 is 1.53. The van der Waals surface area contributed by atoms with Gasteiger partial charge in [0.2, 0.25) is 6.41 Å². The summed E-state index contributed by atoms with van der Waals surface area (Å²) in [5.41, 5.74) is -0.341. The number of nitro benzene ring substituents is 1. The van der Waals surface area contributed by atoms with Crippen LogP contribution in [0.3, 0.4) is 0 Å². The zero-order valence-corrected chi connectivity index (χ0v) is 18.2. The second-order valence-electron chi connectivity index (χ2n) is 6.87. The molecule has 2 aliphatic rings. The lowest BCUT2D eigenvalue weighted by atomic mass is 10.1. The first-order valence-electron chi connectivity index (χ1n) is 9.12. The Balaban J connectivity index is 0.00000280. The molecule has 3 rings (SSSR count). The monoisotopic (exact) mass is 474 g/mol. The number of amides is 1. The first kappa shape index (κ1) is 22.6. The fourth-order valence-electron chi connectivity index (χ4n) is 3.53. The molecule has 0 bridgehead atoms. The normalized spacial score (nSPS) is 21.9. The van der Waals surface area contributed by atoms with E-state index in [0.717, 1.165) is 36.2 Å². The maximum atomic E-state index is 14.3. The summed E-state index contributed by atoms with van der Waals surface area (Å²) in [6.45, 7) is 0. The molecule has 1 aromatic rings. The minimum absolute atomic E-state index is 0. The number of aliphatic imine (C=N–C) groups is 1. The summed E-state index contributed by atoms with van der Waals surface area (Å²) in [7, 11) is 1.83. The molecule has 1 aliphatic heterocycles. The number of thioether (sulfide) groups is 1. The highest BCUT2D eigenvalue weighted by atomic mass is 79.9. The van der Waals surface area contributed by atoms with Crippen molar-refractivity contribution in [2.24, 2.45) is 4.99 Å². The Morgan fingerprint density at radius 2 is 2.00 bits per heavy atom. The molecule has 28 heavy (non-hydrogen) atoms. The van der Waals surface area contributed by atoms with Crippen LogP contribution in [0.4, 0.5) is 15.8 Å². The number of carbonyl (C=O) groups excluding carboxylic acids is 1. The van der Waals surface area contributed by atoms with Crippen molar-refractivity contribution < 1.29 is 14.1 Å². The summed E-state index contributed by atoms with van der Waals surface area (Å²) in [6, 6.07) is 3.50. The quantitative estimate of drug-likeness (QED) is 0.274. The highest BCUT2D eigenvalue weighted by molar-refractivity contribution is 8.93. The van der Waals surface area contributed by atoms with Crippen molar-refractivity contribution in [1.29, 1.82) is 0 Å². The van der Waals surface area contributed by atoms with Crippen LogP contribution in [0, 0.1) is 15.9 Å². The molecule has 0 radical (unpaired) electrons. The van der Waals surface area contributed by atoms with Gasteiger partial charge in [-0.15, -0.1) is 17.0 Å². The first-order valence-corrected chi connectivity index (χ1v) is 10.1. The molecule has 2 fully saturated rings. The fraction of sp³-hybridized carbons (Fsp3) is 0.556. The van der Waals surface area contributed by atoms with E-state index in [4.69, 9.17) is 4.99 Å². The number of non-ortho nitro benzene ring substituents is 1. The smallest absolute Gasteiger partial charge is 0.271 e. The minimum Gasteiger partial charge on any atom is -0.333 e. The van der Waals surface area contributed by atoms with E-state index in [2.05, 4.69) is 0 Å². The third kappa shape index (κ3) is 5.02. The van der Waals surface area contributed by atoms with Gasteiger partial charge in [0.1, 0.15) is 12.0 Å². The number of halogens is 2. The number of nitro groups is 1. The summed E-state index contributed by atoms with van der Waals surface area (Å²) in [5.74, 6) is -0.136. The van der Waals surface area contributed by atoms with E-state index >= 15 is 0 Å². The number of amidine groups is 1. The van der Waals surface area contributed by atoms with E-state index < -0.39 is 16.9 Å². The van der Waals surface area contributed by atoms with E-state index in [1.54, 1.807) is 0 Å². The Hall–Kier alpha value is -1.68. The molecule has 1 aromatic carbocycles. The van der Waals surface area contributed by atoms with Crippen LogP contribution in [0.5, 0.6) is 0 Å². The van der Waals surface area contributed by atoms with Gasteiger partial charge >= 0.3 is 0 Å². The minimum atomic E-state index is -0.666. The van der Waals surface area contributed by atoms with Gasteiger partial charge in [-0.25, -0.2) is 4.39 Å². The highest BCUT2D eigenvalue weighted by Gasteiger charge is 2.34. The molecule has 154 valence electrons. The highest BCUT2D eigenvalue weighted by Crippen LogP contribution is 2.32. The molecule has 1 saturated heterocycles. The van der Waals surface area contributed by atoms with E-state index in [-0.39, 0.29) is 34.4 Å². The molecular formula is C18H24BrFN4O3S. The van der Waals surface area contributed by atoms with Crippen molar-refractivity contribution in [3.63, 3.8) is 0 Å². The Labute approximate surface area is 178 Å². The van der Waals surface area contributed by atoms with Gasteiger partial charge in [0, 0.05) is 24.9 Å². The third-order valence-electron chi connectivity index (χ3n) is 5.08. The van der Waals surface area contributed by atoms with E-state index in [1.165, 1.54) is 42.3 Å². The van der Waals surface area contributed by atoms with Gasteiger partial charge in [-0.2, -0.15) is 0 Å². The summed E-state index contributed by atoms with van der Waals surface area (Å²) in [6.07, 6.45) is 7.08. The molecule has 1 atom stereocenters. The lowest BCUT2D eigenvalue weighted by Crippen LogP contribution is -2.45. The van der Waals surface area contributed by atoms with E-state index in [0.29, 0.717) is 12.2 Å². The van der Waals surface area contributed by atoms with Crippen LogP contribution in [0.15, 0.2) is 23.2 Å². The summed E-state index contributed by atoms with van der Waals surface area (Å²) in [4.78, 5) is 30.1. The summed E-state index contributed by atoms with van der Waals surface area (Å²) < 4.78 is 14.3. The molecule has 1 amide bonds. The van der Waals surface area contributed by atoms with Crippen LogP contribution in [0.25, 0.3) is 0 Å². The number of carbonyl (C=O) groups is 1. The van der Waals surface area contributed by atoms with Crippen molar-refractivity contribution in [3.05, 3.63) is 34.1 Å². The van der Waals surface area contributed by atoms with Crippen LogP contribution in [0.2, 0.25) is 0 Å². The number of hydrogen-bond acceptors (Lipinski definition) is 5. The molecule has 1 unspecified atom stereocenters. The third-order valence-corrected chi connectivity index (χ3v) is 6.20. The molecule has 0 N–H and O–H groups in total. The number of benzene rings is 1. The Morgan fingerprint density at radius 3 is 2.61 bits per heavy atom. The second-order valence-corrected chi connectivity index (χ2v) is 7.85. The zero-order chi connectivity index (χ0) is 19.4. The van der Waals surface area contributed by atoms with Crippen LogP contribution < -0.4 is 4.90 Å². The Bertz CT molecular complexity index is 744. The molecule has 7 nitrogen and oxygen atoms in total. The van der Waals surface area contributed by atoms with E-state index in [9.17, 15) is 19.3 Å². The van der Waals surface area contributed by atoms with E-state index in [1.807, 2.05) is 11.9 Å². The number of nitrogens with zero attached hydrogens (tertiary/aromatic N) is 4. The molecule has 1 heterocycles. The molecule has 10 heteroatoms. The van der Waals surface area contributed by atoms with Gasteiger partial charge < -0.3 is 4.90 Å². The topological polar surface area (TPSA) is 79.0 Å².